The highest BCUT2D eigenvalue weighted by Gasteiger charge is 2.42. The van der Waals surface area contributed by atoms with Gasteiger partial charge in [0.05, 0.1) is 50.1 Å². The lowest BCUT2D eigenvalue weighted by Crippen LogP contribution is -2.51. The number of carbonyl (C=O) groups is 4. The number of aromatic nitrogens is 4. The summed E-state index contributed by atoms with van der Waals surface area (Å²) >= 11 is 3.45. The summed E-state index contributed by atoms with van der Waals surface area (Å²) in [5, 5.41) is 5.93. The number of hydrogen-bond donors (Lipinski definition) is 4. The number of imidazole rings is 2. The second-order valence-corrected chi connectivity index (χ2v) is 17.7. The molecule has 0 aliphatic carbocycles. The highest BCUT2D eigenvalue weighted by Crippen LogP contribution is 2.39. The number of nitrogens with zero attached hydrogens (tertiary/aromatic N) is 4. The van der Waals surface area contributed by atoms with Crippen molar-refractivity contribution in [1.29, 1.82) is 0 Å². The van der Waals surface area contributed by atoms with Gasteiger partial charge in [-0.15, -0.1) is 0 Å². The molecule has 2 saturated heterocycles. The molecule has 0 saturated carbocycles. The van der Waals surface area contributed by atoms with Crippen LogP contribution in [0.4, 0.5) is 9.59 Å². The van der Waals surface area contributed by atoms with Gasteiger partial charge in [-0.2, -0.15) is 23.5 Å². The van der Waals surface area contributed by atoms with Gasteiger partial charge in [0.25, 0.3) is 0 Å². The highest BCUT2D eigenvalue weighted by atomic mass is 32.2. The molecule has 2 aromatic heterocycles. The van der Waals surface area contributed by atoms with Crippen molar-refractivity contribution < 1.29 is 28.7 Å². The maximum absolute atomic E-state index is 13.8. The van der Waals surface area contributed by atoms with Crippen LogP contribution in [-0.4, -0.2) is 116 Å². The van der Waals surface area contributed by atoms with Gasteiger partial charge in [0.2, 0.25) is 11.8 Å². The van der Waals surface area contributed by atoms with E-state index in [4.69, 9.17) is 19.4 Å². The molecule has 0 spiro atoms. The number of hydrogen-bond acceptors (Lipinski definition) is 10. The van der Waals surface area contributed by atoms with Gasteiger partial charge in [-0.05, 0) is 59.4 Å². The number of H-pyrrole nitrogens is 2. The Balaban J connectivity index is 1.14. The Morgan fingerprint density at radius 3 is 1.29 bits per heavy atom. The number of alkyl carbamates (subject to hydrolysis) is 2. The van der Waals surface area contributed by atoms with Crippen molar-refractivity contribution in [1.82, 2.24) is 40.4 Å². The van der Waals surface area contributed by atoms with Crippen LogP contribution in [0.3, 0.4) is 0 Å². The fourth-order valence-electron chi connectivity index (χ4n) is 7.69. The van der Waals surface area contributed by atoms with Gasteiger partial charge in [0, 0.05) is 23.6 Å². The van der Waals surface area contributed by atoms with Crippen molar-refractivity contribution in [2.75, 3.05) is 39.8 Å². The number of rotatable bonds is 13. The van der Waals surface area contributed by atoms with E-state index >= 15 is 0 Å². The Hall–Kier alpha value is -4.96. The summed E-state index contributed by atoms with van der Waals surface area (Å²) in [6.45, 7) is 8.76. The molecule has 2 aliphatic rings. The smallest absolute Gasteiger partial charge is 0.407 e. The van der Waals surface area contributed by atoms with Gasteiger partial charge < -0.3 is 39.9 Å². The van der Waals surface area contributed by atoms with E-state index in [1.54, 1.807) is 23.5 Å². The first-order chi connectivity index (χ1) is 27.8. The van der Waals surface area contributed by atoms with E-state index in [0.717, 1.165) is 46.5 Å². The molecule has 6 atom stereocenters. The molecule has 6 rings (SSSR count). The maximum Gasteiger partial charge on any atom is 0.407 e. The minimum atomic E-state index is -0.710. The van der Waals surface area contributed by atoms with E-state index in [1.165, 1.54) is 14.2 Å². The summed E-state index contributed by atoms with van der Waals surface area (Å²) in [7, 11) is 2.58. The fourth-order valence-corrected chi connectivity index (χ4v) is 9.06. The zero-order valence-corrected chi connectivity index (χ0v) is 35.9. The molecule has 1 unspecified atom stereocenters. The van der Waals surface area contributed by atoms with E-state index in [1.807, 2.05) is 62.4 Å². The first-order valence-electron chi connectivity index (χ1n) is 19.5. The van der Waals surface area contributed by atoms with Crippen molar-refractivity contribution in [3.8, 4) is 33.6 Å². The predicted octanol–water partition coefficient (Wildman–Crippen LogP) is 6.91. The van der Waals surface area contributed by atoms with E-state index in [2.05, 4.69) is 69.1 Å². The molecule has 0 radical (unpaired) electrons. The molecule has 16 heteroatoms. The minimum absolute atomic E-state index is 0.122. The summed E-state index contributed by atoms with van der Waals surface area (Å²) in [6.07, 6.45) is 7.96. The molecular weight excluding hydrogens is 777 g/mol. The molecule has 4 aromatic rings. The Bertz CT molecular complexity index is 1910. The molecular formula is C42H54N8O6S2. The Labute approximate surface area is 348 Å². The normalized spacial score (nSPS) is 20.3. The molecule has 4 N–H and O–H groups in total. The monoisotopic (exact) mass is 830 g/mol. The number of likely N-dealkylation sites (tertiary alicyclic amines) is 2. The van der Waals surface area contributed by atoms with Crippen LogP contribution in [-0.2, 0) is 19.1 Å². The van der Waals surface area contributed by atoms with Crippen LogP contribution in [0, 0.1) is 11.8 Å². The summed E-state index contributed by atoms with van der Waals surface area (Å²) in [6, 6.07) is 14.6. The number of nitrogens with one attached hydrogen (secondary N) is 4. The van der Waals surface area contributed by atoms with Crippen LogP contribution in [0.1, 0.15) is 64.3 Å². The van der Waals surface area contributed by atoms with Gasteiger partial charge in [-0.1, -0.05) is 76.2 Å². The zero-order valence-electron chi connectivity index (χ0n) is 34.3. The third-order valence-electron chi connectivity index (χ3n) is 11.1. The van der Waals surface area contributed by atoms with Crippen LogP contribution >= 0.6 is 23.5 Å². The van der Waals surface area contributed by atoms with Gasteiger partial charge >= 0.3 is 12.2 Å². The first-order valence-corrected chi connectivity index (χ1v) is 22.1. The van der Waals surface area contributed by atoms with Crippen molar-refractivity contribution in [3.63, 3.8) is 0 Å². The van der Waals surface area contributed by atoms with Crippen molar-refractivity contribution in [3.05, 3.63) is 72.6 Å². The van der Waals surface area contributed by atoms with E-state index < -0.39 is 24.3 Å². The molecule has 2 fully saturated rings. The molecule has 14 nitrogen and oxygen atoms in total. The number of carbonyl (C=O) groups excluding carboxylic acids is 4. The molecule has 310 valence electrons. The maximum atomic E-state index is 13.8. The quantitative estimate of drug-likeness (QED) is 0.111. The predicted molar refractivity (Wildman–Crippen MR) is 228 cm³/mol. The second-order valence-electron chi connectivity index (χ2n) is 15.4. The Morgan fingerprint density at radius 2 is 0.983 bits per heavy atom. The largest absolute Gasteiger partial charge is 0.453 e. The molecule has 4 heterocycles. The van der Waals surface area contributed by atoms with Gasteiger partial charge in [-0.25, -0.2) is 19.6 Å². The minimum Gasteiger partial charge on any atom is -0.453 e. The molecule has 4 amide bonds. The fraction of sp³-hybridized carbons (Fsp3) is 0.476. The number of aromatic amines is 2. The van der Waals surface area contributed by atoms with Crippen molar-refractivity contribution >= 4 is 47.5 Å². The summed E-state index contributed by atoms with van der Waals surface area (Å²) in [5.41, 5.74) is 5.75. The van der Waals surface area contributed by atoms with Crippen molar-refractivity contribution in [2.45, 2.75) is 75.2 Å². The lowest BCUT2D eigenvalue weighted by atomic mass is 10.0. The van der Waals surface area contributed by atoms with Crippen LogP contribution < -0.4 is 10.6 Å². The lowest BCUT2D eigenvalue weighted by molar-refractivity contribution is -0.136. The SMILES string of the molecule is COC(=O)N[C@H](C(=O)N1C[C@@H](SC)CC1c1ncc(-c2ccc(-c3ccc(-c4cnc([C@@H]5C[C@H](SC)CN5C(=O)[C@@H](NC(=O)OC)C(C)C)[nH]4)cc3)cc2)[nH]1)C(C)C. The third-order valence-corrected chi connectivity index (χ3v) is 13.1. The van der Waals surface area contributed by atoms with E-state index in [9.17, 15) is 19.2 Å². The Morgan fingerprint density at radius 1 is 0.638 bits per heavy atom. The second kappa shape index (κ2) is 18.7. The van der Waals surface area contributed by atoms with Crippen molar-refractivity contribution in [2.24, 2.45) is 11.8 Å². The number of thioether (sulfide) groups is 2. The molecule has 2 aliphatic heterocycles. The van der Waals surface area contributed by atoms with E-state index in [0.29, 0.717) is 24.7 Å². The highest BCUT2D eigenvalue weighted by molar-refractivity contribution is 7.99. The standard InChI is InChI=1S/C42H54N8O6S2/c1-23(2)35(47-41(53)55-5)39(51)49-21-29(57-7)17-33(49)37-43-19-31(45-37)27-13-9-25(10-14-27)26-11-15-28(16-12-26)32-20-44-38(46-32)34-18-30(58-8)22-50(34)40(52)36(24(3)4)48-42(54)56-6/h9-16,19-20,23-24,29-30,33-36H,17-18,21-22H2,1-8H3,(H,43,45)(H,44,46)(H,47,53)(H,48,54)/t29-,30-,33-,34?,35-,36-/m0/s1. The number of ether oxygens (including phenoxy) is 2. The average Bonchev–Trinajstić information content (AvgIpc) is 4.07. The van der Waals surface area contributed by atoms with Crippen LogP contribution in [0.15, 0.2) is 60.9 Å². The molecule has 0 bridgehead atoms. The number of methoxy groups -OCH3 is 2. The topological polar surface area (TPSA) is 175 Å². The van der Waals surface area contributed by atoms with E-state index in [-0.39, 0.29) is 46.2 Å². The Kier molecular flexibility index (Phi) is 13.8. The zero-order chi connectivity index (χ0) is 41.7. The number of benzene rings is 2. The molecule has 58 heavy (non-hydrogen) atoms. The lowest BCUT2D eigenvalue weighted by Gasteiger charge is -2.30. The van der Waals surface area contributed by atoms with Gasteiger partial charge in [0.15, 0.2) is 0 Å². The summed E-state index contributed by atoms with van der Waals surface area (Å²) in [4.78, 5) is 71.8. The van der Waals surface area contributed by atoms with Gasteiger partial charge in [-0.3, -0.25) is 9.59 Å². The number of amides is 4. The summed E-state index contributed by atoms with van der Waals surface area (Å²) in [5.74, 6) is 0.895. The summed E-state index contributed by atoms with van der Waals surface area (Å²) < 4.78 is 9.59. The average molecular weight is 831 g/mol. The first kappa shape index (κ1) is 42.6. The molecule has 2 aromatic carbocycles. The van der Waals surface area contributed by atoms with Crippen LogP contribution in [0.25, 0.3) is 33.6 Å². The van der Waals surface area contributed by atoms with Crippen LogP contribution in [0.5, 0.6) is 0 Å². The van der Waals surface area contributed by atoms with Gasteiger partial charge in [0.1, 0.15) is 23.7 Å². The van der Waals surface area contributed by atoms with Crippen LogP contribution in [0.2, 0.25) is 0 Å². The third kappa shape index (κ3) is 9.33.